The highest BCUT2D eigenvalue weighted by molar-refractivity contribution is 5.76. The van der Waals surface area contributed by atoms with Gasteiger partial charge in [-0.25, -0.2) is 0 Å². The molecule has 2 atom stereocenters. The maximum atomic E-state index is 12.1. The molecule has 2 rings (SSSR count). The van der Waals surface area contributed by atoms with Crippen molar-refractivity contribution in [2.75, 3.05) is 13.7 Å². The van der Waals surface area contributed by atoms with Gasteiger partial charge < -0.3 is 15.8 Å². The van der Waals surface area contributed by atoms with Crippen molar-refractivity contribution in [3.05, 3.63) is 29.8 Å². The third kappa shape index (κ3) is 3.97. The number of benzene rings is 1. The van der Waals surface area contributed by atoms with Crippen LogP contribution in [0.3, 0.4) is 0 Å². The standard InChI is InChI=1S/C16H24N2O2/c1-11(10-17)9-15(19)18-16(12-3-4-12)13-5-7-14(20-2)8-6-13/h5-8,11-12,16H,3-4,9-10,17H2,1-2H3,(H,18,19). The number of nitrogens with two attached hydrogens (primary N) is 1. The van der Waals surface area contributed by atoms with Crippen molar-refractivity contribution in [3.63, 3.8) is 0 Å². The van der Waals surface area contributed by atoms with E-state index in [1.54, 1.807) is 7.11 Å². The molecule has 0 aliphatic heterocycles. The fourth-order valence-corrected chi connectivity index (χ4v) is 2.35. The molecule has 2 unspecified atom stereocenters. The van der Waals surface area contributed by atoms with Gasteiger partial charge in [0.2, 0.25) is 5.91 Å². The molecule has 1 saturated carbocycles. The third-order valence-corrected chi connectivity index (χ3v) is 3.82. The van der Waals surface area contributed by atoms with Crippen molar-refractivity contribution in [2.45, 2.75) is 32.2 Å². The number of methoxy groups -OCH3 is 1. The molecule has 110 valence electrons. The Morgan fingerprint density at radius 2 is 2.05 bits per heavy atom. The minimum atomic E-state index is 0.0932. The van der Waals surface area contributed by atoms with E-state index in [4.69, 9.17) is 10.5 Å². The third-order valence-electron chi connectivity index (χ3n) is 3.82. The van der Waals surface area contributed by atoms with E-state index in [0.717, 1.165) is 11.3 Å². The topological polar surface area (TPSA) is 64.3 Å². The van der Waals surface area contributed by atoms with E-state index in [9.17, 15) is 4.79 Å². The maximum Gasteiger partial charge on any atom is 0.220 e. The van der Waals surface area contributed by atoms with Crippen molar-refractivity contribution < 1.29 is 9.53 Å². The molecular formula is C16H24N2O2. The molecule has 1 amide bonds. The lowest BCUT2D eigenvalue weighted by molar-refractivity contribution is -0.122. The van der Waals surface area contributed by atoms with E-state index in [0.29, 0.717) is 18.9 Å². The van der Waals surface area contributed by atoms with Crippen molar-refractivity contribution >= 4 is 5.91 Å². The molecule has 0 spiro atoms. The van der Waals surface area contributed by atoms with Crippen LogP contribution in [0.15, 0.2) is 24.3 Å². The summed E-state index contributed by atoms with van der Waals surface area (Å²) in [6.45, 7) is 2.54. The van der Waals surface area contributed by atoms with Gasteiger partial charge in [-0.05, 0) is 48.9 Å². The molecule has 0 bridgehead atoms. The summed E-state index contributed by atoms with van der Waals surface area (Å²) in [5.74, 6) is 1.73. The number of carbonyl (C=O) groups is 1. The van der Waals surface area contributed by atoms with E-state index < -0.39 is 0 Å². The van der Waals surface area contributed by atoms with Gasteiger partial charge in [-0.1, -0.05) is 19.1 Å². The van der Waals surface area contributed by atoms with Gasteiger partial charge in [0, 0.05) is 6.42 Å². The van der Waals surface area contributed by atoms with E-state index in [1.165, 1.54) is 12.8 Å². The molecule has 3 N–H and O–H groups in total. The fourth-order valence-electron chi connectivity index (χ4n) is 2.35. The van der Waals surface area contributed by atoms with Crippen LogP contribution in [0.4, 0.5) is 0 Å². The van der Waals surface area contributed by atoms with Crippen LogP contribution in [-0.2, 0) is 4.79 Å². The Morgan fingerprint density at radius 3 is 2.55 bits per heavy atom. The summed E-state index contributed by atoms with van der Waals surface area (Å²) in [7, 11) is 1.66. The van der Waals surface area contributed by atoms with Gasteiger partial charge in [0.1, 0.15) is 5.75 Å². The number of hydrogen-bond donors (Lipinski definition) is 2. The summed E-state index contributed by atoms with van der Waals surface area (Å²) in [5, 5.41) is 3.16. The SMILES string of the molecule is COc1ccc(C(NC(=O)CC(C)CN)C2CC2)cc1. The van der Waals surface area contributed by atoms with Crippen LogP contribution in [0.1, 0.15) is 37.8 Å². The minimum absolute atomic E-state index is 0.0932. The van der Waals surface area contributed by atoms with Crippen molar-refractivity contribution in [3.8, 4) is 5.75 Å². The lowest BCUT2D eigenvalue weighted by Gasteiger charge is -2.20. The molecule has 1 aromatic rings. The van der Waals surface area contributed by atoms with Gasteiger partial charge in [0.05, 0.1) is 13.2 Å². The monoisotopic (exact) mass is 276 g/mol. The molecule has 0 heterocycles. The molecule has 0 saturated heterocycles. The van der Waals surface area contributed by atoms with Crippen molar-refractivity contribution in [1.82, 2.24) is 5.32 Å². The Morgan fingerprint density at radius 1 is 1.40 bits per heavy atom. The largest absolute Gasteiger partial charge is 0.497 e. The maximum absolute atomic E-state index is 12.1. The number of nitrogens with one attached hydrogen (secondary N) is 1. The highest BCUT2D eigenvalue weighted by atomic mass is 16.5. The van der Waals surface area contributed by atoms with E-state index in [1.807, 2.05) is 31.2 Å². The first kappa shape index (κ1) is 14.9. The van der Waals surface area contributed by atoms with Gasteiger partial charge in [-0.3, -0.25) is 4.79 Å². The summed E-state index contributed by atoms with van der Waals surface area (Å²) in [4.78, 5) is 12.1. The van der Waals surface area contributed by atoms with E-state index >= 15 is 0 Å². The van der Waals surface area contributed by atoms with Crippen LogP contribution in [-0.4, -0.2) is 19.6 Å². The molecular weight excluding hydrogens is 252 g/mol. The Hall–Kier alpha value is -1.55. The van der Waals surface area contributed by atoms with Crippen LogP contribution in [0.25, 0.3) is 0 Å². The first-order valence-electron chi connectivity index (χ1n) is 7.27. The number of ether oxygens (including phenoxy) is 1. The first-order chi connectivity index (χ1) is 9.63. The lowest BCUT2D eigenvalue weighted by atomic mass is 10.0. The zero-order valence-electron chi connectivity index (χ0n) is 12.3. The van der Waals surface area contributed by atoms with Crippen LogP contribution < -0.4 is 15.8 Å². The van der Waals surface area contributed by atoms with Gasteiger partial charge in [0.25, 0.3) is 0 Å². The molecule has 1 fully saturated rings. The van der Waals surface area contributed by atoms with Gasteiger partial charge in [0.15, 0.2) is 0 Å². The molecule has 1 aliphatic rings. The highest BCUT2D eigenvalue weighted by Crippen LogP contribution is 2.41. The predicted molar refractivity (Wildman–Crippen MR) is 79.4 cm³/mol. The molecule has 4 nitrogen and oxygen atoms in total. The molecule has 1 aromatic carbocycles. The quantitative estimate of drug-likeness (QED) is 0.803. The molecule has 1 aliphatic carbocycles. The summed E-state index contributed by atoms with van der Waals surface area (Å²) in [6, 6.07) is 8.08. The number of hydrogen-bond acceptors (Lipinski definition) is 3. The second-order valence-corrected chi connectivity index (χ2v) is 5.70. The fraction of sp³-hybridized carbons (Fsp3) is 0.562. The smallest absolute Gasteiger partial charge is 0.220 e. The minimum Gasteiger partial charge on any atom is -0.497 e. The second kappa shape index (κ2) is 6.75. The summed E-state index contributed by atoms with van der Waals surface area (Å²) >= 11 is 0. The molecule has 0 aromatic heterocycles. The normalized spacial score (nSPS) is 17.4. The Bertz CT molecular complexity index is 440. The summed E-state index contributed by atoms with van der Waals surface area (Å²) in [6.07, 6.45) is 2.86. The first-order valence-corrected chi connectivity index (χ1v) is 7.27. The van der Waals surface area contributed by atoms with Crippen LogP contribution in [0, 0.1) is 11.8 Å². The molecule has 4 heteroatoms. The number of rotatable bonds is 7. The zero-order chi connectivity index (χ0) is 14.5. The van der Waals surface area contributed by atoms with Crippen molar-refractivity contribution in [1.29, 1.82) is 0 Å². The van der Waals surface area contributed by atoms with Crippen LogP contribution in [0.2, 0.25) is 0 Å². The summed E-state index contributed by atoms with van der Waals surface area (Å²) in [5.41, 5.74) is 6.73. The Kier molecular flexibility index (Phi) is 5.01. The van der Waals surface area contributed by atoms with Gasteiger partial charge >= 0.3 is 0 Å². The lowest BCUT2D eigenvalue weighted by Crippen LogP contribution is -2.32. The van der Waals surface area contributed by atoms with Crippen molar-refractivity contribution in [2.24, 2.45) is 17.6 Å². The van der Waals surface area contributed by atoms with Gasteiger partial charge in [-0.2, -0.15) is 0 Å². The molecule has 0 radical (unpaired) electrons. The van der Waals surface area contributed by atoms with E-state index in [-0.39, 0.29) is 17.9 Å². The second-order valence-electron chi connectivity index (χ2n) is 5.70. The zero-order valence-corrected chi connectivity index (χ0v) is 12.3. The average Bonchev–Trinajstić information content (AvgIpc) is 3.29. The summed E-state index contributed by atoms with van der Waals surface area (Å²) < 4.78 is 5.17. The Labute approximate surface area is 120 Å². The van der Waals surface area contributed by atoms with Crippen LogP contribution >= 0.6 is 0 Å². The predicted octanol–water partition coefficient (Wildman–Crippen LogP) is 2.25. The van der Waals surface area contributed by atoms with Gasteiger partial charge in [-0.15, -0.1) is 0 Å². The average molecular weight is 276 g/mol. The number of carbonyl (C=O) groups excluding carboxylic acids is 1. The highest BCUT2D eigenvalue weighted by Gasteiger charge is 2.33. The van der Waals surface area contributed by atoms with Crippen LogP contribution in [0.5, 0.6) is 5.75 Å². The number of amides is 1. The van der Waals surface area contributed by atoms with E-state index in [2.05, 4.69) is 5.32 Å². The molecule has 20 heavy (non-hydrogen) atoms. The Balaban J connectivity index is 2.01.